The molecule has 1 heterocycles. The van der Waals surface area contributed by atoms with Crippen LogP contribution in [0, 0.1) is 11.6 Å². The van der Waals surface area contributed by atoms with Gasteiger partial charge in [-0.2, -0.15) is 13.2 Å². The molecule has 3 rings (SSSR count). The first kappa shape index (κ1) is 27.2. The molecule has 0 saturated carbocycles. The third-order valence-corrected chi connectivity index (χ3v) is 6.68. The Morgan fingerprint density at radius 1 is 1.08 bits per heavy atom. The van der Waals surface area contributed by atoms with Crippen LogP contribution in [0.25, 0.3) is 11.3 Å². The molecule has 0 aliphatic rings. The Morgan fingerprint density at radius 3 is 2.36 bits per heavy atom. The van der Waals surface area contributed by atoms with Crippen LogP contribution in [0.3, 0.4) is 0 Å². The SMILES string of the molecule is CC(C(=O)NCc1ccc(C(F)(F)F)nc1-c1cccc(F)c1)c1ccc(C(N)S(C)(=O)=O)c(F)c1. The standard InChI is InChI=1S/C24H22F5N3O3S/c1-13(14-6-8-18(19(26)11-14)22(30)36(2,34)35)23(33)31-12-16-7-9-20(24(27,28)29)32-21(16)15-4-3-5-17(25)10-15/h3-11,13,22H,12,30H2,1-2H3,(H,31,33). The number of rotatable bonds is 7. The van der Waals surface area contributed by atoms with Crippen LogP contribution in [0.4, 0.5) is 22.0 Å². The maximum absolute atomic E-state index is 14.5. The number of alkyl halides is 3. The molecule has 1 amide bonds. The molecular weight excluding hydrogens is 505 g/mol. The normalized spacial score (nSPS) is 13.8. The second kappa shape index (κ2) is 10.3. The van der Waals surface area contributed by atoms with Gasteiger partial charge in [-0.15, -0.1) is 0 Å². The number of benzene rings is 2. The van der Waals surface area contributed by atoms with Crippen LogP contribution in [-0.4, -0.2) is 25.6 Å². The molecule has 0 aliphatic carbocycles. The van der Waals surface area contributed by atoms with E-state index in [1.807, 2.05) is 0 Å². The molecule has 2 atom stereocenters. The fourth-order valence-electron chi connectivity index (χ4n) is 3.44. The van der Waals surface area contributed by atoms with Crippen molar-refractivity contribution in [2.45, 2.75) is 30.9 Å². The molecule has 6 nitrogen and oxygen atoms in total. The first-order chi connectivity index (χ1) is 16.7. The largest absolute Gasteiger partial charge is 0.433 e. The van der Waals surface area contributed by atoms with Gasteiger partial charge in [0.1, 0.15) is 22.7 Å². The molecule has 0 radical (unpaired) electrons. The number of nitrogens with one attached hydrogen (secondary N) is 1. The number of hydrogen-bond donors (Lipinski definition) is 2. The molecule has 3 aromatic rings. The molecular formula is C24H22F5N3O3S. The molecule has 36 heavy (non-hydrogen) atoms. The van der Waals surface area contributed by atoms with Gasteiger partial charge in [-0.1, -0.05) is 30.3 Å². The van der Waals surface area contributed by atoms with E-state index >= 15 is 0 Å². The highest BCUT2D eigenvalue weighted by Gasteiger charge is 2.33. The van der Waals surface area contributed by atoms with Crippen molar-refractivity contribution in [3.63, 3.8) is 0 Å². The van der Waals surface area contributed by atoms with Crippen LogP contribution in [0.1, 0.15) is 40.6 Å². The molecule has 0 spiro atoms. The van der Waals surface area contributed by atoms with Gasteiger partial charge < -0.3 is 11.1 Å². The Hall–Kier alpha value is -3.38. The van der Waals surface area contributed by atoms with Gasteiger partial charge in [0.2, 0.25) is 5.91 Å². The lowest BCUT2D eigenvalue weighted by molar-refractivity contribution is -0.141. The van der Waals surface area contributed by atoms with Crippen LogP contribution in [-0.2, 0) is 27.4 Å². The number of carbonyl (C=O) groups excluding carboxylic acids is 1. The van der Waals surface area contributed by atoms with Gasteiger partial charge in [-0.05, 0) is 42.3 Å². The molecule has 3 N–H and O–H groups in total. The van der Waals surface area contributed by atoms with Crippen molar-refractivity contribution in [3.05, 3.63) is 88.6 Å². The monoisotopic (exact) mass is 527 g/mol. The molecule has 0 saturated heterocycles. The Labute approximate surface area is 204 Å². The number of pyridine rings is 1. The number of sulfone groups is 1. The molecule has 0 fully saturated rings. The van der Waals surface area contributed by atoms with Crippen molar-refractivity contribution in [1.29, 1.82) is 0 Å². The second-order valence-electron chi connectivity index (χ2n) is 8.18. The fourth-order valence-corrected chi connectivity index (χ4v) is 4.09. The van der Waals surface area contributed by atoms with E-state index < -0.39 is 50.5 Å². The summed E-state index contributed by atoms with van der Waals surface area (Å²) in [5.41, 5.74) is 4.53. The van der Waals surface area contributed by atoms with Crippen LogP contribution in [0.5, 0.6) is 0 Å². The average Bonchev–Trinajstić information content (AvgIpc) is 2.80. The van der Waals surface area contributed by atoms with E-state index in [9.17, 15) is 35.2 Å². The summed E-state index contributed by atoms with van der Waals surface area (Å²) >= 11 is 0. The fraction of sp³-hybridized carbons (Fsp3) is 0.250. The summed E-state index contributed by atoms with van der Waals surface area (Å²) in [6.45, 7) is 1.23. The van der Waals surface area contributed by atoms with Gasteiger partial charge in [0.25, 0.3) is 0 Å². The number of carbonyl (C=O) groups is 1. The summed E-state index contributed by atoms with van der Waals surface area (Å²) in [6, 6.07) is 10.3. The minimum atomic E-state index is -4.73. The number of hydrogen-bond acceptors (Lipinski definition) is 5. The summed E-state index contributed by atoms with van der Waals surface area (Å²) < 4.78 is 91.0. The van der Waals surface area contributed by atoms with Gasteiger partial charge in [0, 0.05) is 23.9 Å². The number of halogens is 5. The summed E-state index contributed by atoms with van der Waals surface area (Å²) in [5, 5.41) is 0.999. The predicted octanol–water partition coefficient (Wildman–Crippen LogP) is 4.47. The number of nitrogens with zero attached hydrogens (tertiary/aromatic N) is 1. The van der Waals surface area contributed by atoms with Crippen LogP contribution >= 0.6 is 0 Å². The van der Waals surface area contributed by atoms with Crippen molar-refractivity contribution in [3.8, 4) is 11.3 Å². The summed E-state index contributed by atoms with van der Waals surface area (Å²) in [6.07, 6.45) is -3.86. The van der Waals surface area contributed by atoms with Gasteiger partial charge >= 0.3 is 6.18 Å². The first-order valence-corrected chi connectivity index (χ1v) is 12.5. The maximum Gasteiger partial charge on any atom is 0.433 e. The van der Waals surface area contributed by atoms with Gasteiger partial charge in [0.05, 0.1) is 11.6 Å². The van der Waals surface area contributed by atoms with Crippen molar-refractivity contribution in [2.24, 2.45) is 5.73 Å². The summed E-state index contributed by atoms with van der Waals surface area (Å²) in [7, 11) is -3.75. The third-order valence-electron chi connectivity index (χ3n) is 5.51. The van der Waals surface area contributed by atoms with Crippen molar-refractivity contribution >= 4 is 15.7 Å². The highest BCUT2D eigenvalue weighted by atomic mass is 32.2. The molecule has 2 unspecified atom stereocenters. The zero-order chi connectivity index (χ0) is 26.8. The van der Waals surface area contributed by atoms with E-state index in [2.05, 4.69) is 10.3 Å². The Morgan fingerprint density at radius 2 is 1.78 bits per heavy atom. The Bertz CT molecular complexity index is 1390. The molecule has 192 valence electrons. The van der Waals surface area contributed by atoms with Gasteiger partial charge in [0.15, 0.2) is 9.84 Å². The minimum Gasteiger partial charge on any atom is -0.351 e. The van der Waals surface area contributed by atoms with Gasteiger partial charge in [-0.25, -0.2) is 22.2 Å². The van der Waals surface area contributed by atoms with Crippen molar-refractivity contribution in [1.82, 2.24) is 10.3 Å². The predicted molar refractivity (Wildman–Crippen MR) is 123 cm³/mol. The van der Waals surface area contributed by atoms with E-state index in [1.54, 1.807) is 0 Å². The zero-order valence-corrected chi connectivity index (χ0v) is 19.9. The molecule has 12 heteroatoms. The first-order valence-electron chi connectivity index (χ1n) is 10.5. The van der Waals surface area contributed by atoms with E-state index in [0.29, 0.717) is 0 Å². The van der Waals surface area contributed by atoms with Crippen LogP contribution < -0.4 is 11.1 Å². The van der Waals surface area contributed by atoms with E-state index in [0.717, 1.165) is 36.6 Å². The van der Waals surface area contributed by atoms with E-state index in [1.165, 1.54) is 31.2 Å². The highest BCUT2D eigenvalue weighted by molar-refractivity contribution is 7.90. The molecule has 0 bridgehead atoms. The smallest absolute Gasteiger partial charge is 0.351 e. The zero-order valence-electron chi connectivity index (χ0n) is 19.1. The van der Waals surface area contributed by atoms with Crippen molar-refractivity contribution < 1.29 is 35.2 Å². The average molecular weight is 528 g/mol. The lowest BCUT2D eigenvalue weighted by Crippen LogP contribution is -2.28. The quantitative estimate of drug-likeness (QED) is 0.442. The second-order valence-corrected chi connectivity index (χ2v) is 10.3. The Kier molecular flexibility index (Phi) is 7.79. The highest BCUT2D eigenvalue weighted by Crippen LogP contribution is 2.32. The lowest BCUT2D eigenvalue weighted by atomic mass is 9.98. The Balaban J connectivity index is 1.83. The molecule has 1 aromatic heterocycles. The third kappa shape index (κ3) is 6.24. The number of amides is 1. The minimum absolute atomic E-state index is 0.0956. The van der Waals surface area contributed by atoms with Crippen LogP contribution in [0.2, 0.25) is 0 Å². The lowest BCUT2D eigenvalue weighted by Gasteiger charge is -2.17. The van der Waals surface area contributed by atoms with E-state index in [-0.39, 0.29) is 34.5 Å². The topological polar surface area (TPSA) is 102 Å². The molecule has 2 aromatic carbocycles. The maximum atomic E-state index is 14.5. The van der Waals surface area contributed by atoms with E-state index in [4.69, 9.17) is 5.73 Å². The summed E-state index contributed by atoms with van der Waals surface area (Å²) in [5.74, 6) is -3.05. The number of aromatic nitrogens is 1. The number of nitrogens with two attached hydrogens (primary N) is 1. The summed E-state index contributed by atoms with van der Waals surface area (Å²) in [4.78, 5) is 16.4. The molecule has 0 aliphatic heterocycles. The van der Waals surface area contributed by atoms with Crippen molar-refractivity contribution in [2.75, 3.05) is 6.26 Å². The van der Waals surface area contributed by atoms with Gasteiger partial charge in [-0.3, -0.25) is 4.79 Å². The van der Waals surface area contributed by atoms with Crippen LogP contribution in [0.15, 0.2) is 54.6 Å².